The van der Waals surface area contributed by atoms with Gasteiger partial charge in [0.1, 0.15) is 6.10 Å². The van der Waals surface area contributed by atoms with Gasteiger partial charge in [0.05, 0.1) is 5.97 Å². The summed E-state index contributed by atoms with van der Waals surface area (Å²) in [7, 11) is 0. The number of carbonyl (C=O) groups excluding carboxylic acids is 2. The van der Waals surface area contributed by atoms with Crippen LogP contribution in [-0.4, -0.2) is 18.0 Å². The molecule has 0 aliphatic heterocycles. The Balaban J connectivity index is 2.05. The minimum atomic E-state index is -1.38. The number of esters is 1. The van der Waals surface area contributed by atoms with Crippen molar-refractivity contribution in [1.29, 1.82) is 0 Å². The molecular formula is C14H19O4-. The SMILES string of the molecule is CC1(C)[C@@H]2CC[C@]1(C)[C@@H](OC(=O)C=CC(=O)[O-])C2. The van der Waals surface area contributed by atoms with E-state index in [4.69, 9.17) is 4.74 Å². The summed E-state index contributed by atoms with van der Waals surface area (Å²) in [6, 6.07) is 0. The van der Waals surface area contributed by atoms with Gasteiger partial charge in [0, 0.05) is 11.5 Å². The number of hydrogen-bond donors (Lipinski definition) is 0. The van der Waals surface area contributed by atoms with E-state index in [-0.39, 0.29) is 16.9 Å². The molecule has 0 radical (unpaired) electrons. The van der Waals surface area contributed by atoms with Crippen LogP contribution in [0.25, 0.3) is 0 Å². The van der Waals surface area contributed by atoms with Crippen LogP contribution in [0.5, 0.6) is 0 Å². The fourth-order valence-electron chi connectivity index (χ4n) is 3.62. The summed E-state index contributed by atoms with van der Waals surface area (Å²) in [6.07, 6.45) is 4.67. The van der Waals surface area contributed by atoms with E-state index >= 15 is 0 Å². The molecule has 2 aliphatic carbocycles. The van der Waals surface area contributed by atoms with E-state index in [0.717, 1.165) is 18.9 Å². The molecule has 0 aromatic heterocycles. The van der Waals surface area contributed by atoms with Crippen LogP contribution < -0.4 is 5.11 Å². The summed E-state index contributed by atoms with van der Waals surface area (Å²) in [5.74, 6) is -1.38. The summed E-state index contributed by atoms with van der Waals surface area (Å²) in [5.41, 5.74) is 0.179. The Labute approximate surface area is 107 Å². The lowest BCUT2D eigenvalue weighted by atomic mass is 9.70. The molecule has 18 heavy (non-hydrogen) atoms. The highest BCUT2D eigenvalue weighted by molar-refractivity contribution is 5.90. The summed E-state index contributed by atoms with van der Waals surface area (Å²) < 4.78 is 5.42. The third-order valence-corrected chi connectivity index (χ3v) is 5.33. The second-order valence-corrected chi connectivity index (χ2v) is 6.19. The zero-order valence-electron chi connectivity index (χ0n) is 11.1. The average molecular weight is 251 g/mol. The largest absolute Gasteiger partial charge is 0.545 e. The maximum Gasteiger partial charge on any atom is 0.331 e. The molecule has 2 rings (SSSR count). The van der Waals surface area contributed by atoms with Crippen LogP contribution >= 0.6 is 0 Å². The van der Waals surface area contributed by atoms with Gasteiger partial charge < -0.3 is 14.6 Å². The highest BCUT2D eigenvalue weighted by atomic mass is 16.5. The van der Waals surface area contributed by atoms with Crippen molar-refractivity contribution >= 4 is 11.9 Å². The van der Waals surface area contributed by atoms with Gasteiger partial charge in [-0.1, -0.05) is 20.8 Å². The minimum Gasteiger partial charge on any atom is -0.545 e. The maximum atomic E-state index is 11.5. The molecule has 4 heteroatoms. The first kappa shape index (κ1) is 13.1. The molecule has 4 nitrogen and oxygen atoms in total. The topological polar surface area (TPSA) is 66.4 Å². The zero-order chi connectivity index (χ0) is 13.6. The highest BCUT2D eigenvalue weighted by Crippen LogP contribution is 2.66. The lowest BCUT2D eigenvalue weighted by Gasteiger charge is -2.38. The Morgan fingerprint density at radius 3 is 2.39 bits per heavy atom. The van der Waals surface area contributed by atoms with Crippen LogP contribution in [0.15, 0.2) is 12.2 Å². The fourth-order valence-corrected chi connectivity index (χ4v) is 3.62. The Bertz CT molecular complexity index is 410. The molecule has 2 aliphatic rings. The zero-order valence-corrected chi connectivity index (χ0v) is 11.1. The van der Waals surface area contributed by atoms with E-state index in [2.05, 4.69) is 20.8 Å². The minimum absolute atomic E-state index is 0.00262. The summed E-state index contributed by atoms with van der Waals surface area (Å²) >= 11 is 0. The van der Waals surface area contributed by atoms with Gasteiger partial charge in [0.15, 0.2) is 0 Å². The normalized spacial score (nSPS) is 37.1. The van der Waals surface area contributed by atoms with Gasteiger partial charge in [0.2, 0.25) is 0 Å². The molecule has 0 amide bonds. The Kier molecular flexibility index (Phi) is 2.99. The third kappa shape index (κ3) is 1.84. The van der Waals surface area contributed by atoms with Crippen LogP contribution in [0, 0.1) is 16.7 Å². The van der Waals surface area contributed by atoms with Crippen LogP contribution in [0.1, 0.15) is 40.0 Å². The second kappa shape index (κ2) is 4.11. The van der Waals surface area contributed by atoms with E-state index in [1.54, 1.807) is 0 Å². The summed E-state index contributed by atoms with van der Waals surface area (Å²) in [6.45, 7) is 6.63. The number of hydrogen-bond acceptors (Lipinski definition) is 4. The molecule has 0 saturated heterocycles. The Morgan fingerprint density at radius 1 is 1.28 bits per heavy atom. The van der Waals surface area contributed by atoms with Crippen molar-refractivity contribution in [2.45, 2.75) is 46.1 Å². The fraction of sp³-hybridized carbons (Fsp3) is 0.714. The molecule has 100 valence electrons. The number of aliphatic carboxylic acids is 1. The van der Waals surface area contributed by atoms with Gasteiger partial charge >= 0.3 is 5.97 Å². The molecule has 2 bridgehead atoms. The van der Waals surface area contributed by atoms with Crippen molar-refractivity contribution in [2.24, 2.45) is 16.7 Å². The molecule has 0 N–H and O–H groups in total. The number of carboxylic acid groups (broad SMARTS) is 1. The van der Waals surface area contributed by atoms with Gasteiger partial charge in [-0.3, -0.25) is 0 Å². The third-order valence-electron chi connectivity index (χ3n) is 5.33. The van der Waals surface area contributed by atoms with Crippen LogP contribution in [-0.2, 0) is 14.3 Å². The number of rotatable bonds is 3. The van der Waals surface area contributed by atoms with Crippen molar-refractivity contribution in [2.75, 3.05) is 0 Å². The average Bonchev–Trinajstić information content (AvgIpc) is 2.59. The number of ether oxygens (including phenoxy) is 1. The van der Waals surface area contributed by atoms with E-state index in [1.807, 2.05) is 0 Å². The Morgan fingerprint density at radius 2 is 1.94 bits per heavy atom. The highest BCUT2D eigenvalue weighted by Gasteiger charge is 2.62. The number of carbonyl (C=O) groups is 2. The molecule has 0 heterocycles. The number of fused-ring (bicyclic) bond motifs is 2. The first-order valence-corrected chi connectivity index (χ1v) is 6.37. The predicted octanol–water partition coefficient (Wildman–Crippen LogP) is 1.05. The van der Waals surface area contributed by atoms with Crippen LogP contribution in [0.4, 0.5) is 0 Å². The van der Waals surface area contributed by atoms with E-state index in [9.17, 15) is 14.7 Å². The maximum absolute atomic E-state index is 11.5. The van der Waals surface area contributed by atoms with Crippen LogP contribution in [0.2, 0.25) is 0 Å². The van der Waals surface area contributed by atoms with Crippen molar-refractivity contribution < 1.29 is 19.4 Å². The van der Waals surface area contributed by atoms with Crippen molar-refractivity contribution in [3.63, 3.8) is 0 Å². The molecule has 0 unspecified atom stereocenters. The molecule has 3 atom stereocenters. The molecular weight excluding hydrogens is 232 g/mol. The lowest BCUT2D eigenvalue weighted by molar-refractivity contribution is -0.297. The first-order chi connectivity index (χ1) is 8.27. The van der Waals surface area contributed by atoms with Crippen molar-refractivity contribution in [3.8, 4) is 0 Å². The standard InChI is InChI=1S/C14H20O4/c1-13(2)9-6-7-14(13,3)10(8-9)18-12(17)5-4-11(15)16/h4-5,9-10H,6-8H2,1-3H3,(H,15,16)/p-1/t9-,10+,14-/m1/s1. The van der Waals surface area contributed by atoms with E-state index in [0.29, 0.717) is 12.0 Å². The van der Waals surface area contributed by atoms with Gasteiger partial charge in [-0.15, -0.1) is 0 Å². The van der Waals surface area contributed by atoms with Gasteiger partial charge in [0.25, 0.3) is 0 Å². The number of carboxylic acids is 1. The smallest absolute Gasteiger partial charge is 0.331 e. The predicted molar refractivity (Wildman–Crippen MR) is 63.3 cm³/mol. The van der Waals surface area contributed by atoms with E-state index < -0.39 is 11.9 Å². The first-order valence-electron chi connectivity index (χ1n) is 6.37. The van der Waals surface area contributed by atoms with Gasteiger partial charge in [-0.2, -0.15) is 0 Å². The molecule has 0 aromatic carbocycles. The summed E-state index contributed by atoms with van der Waals surface area (Å²) in [4.78, 5) is 21.8. The van der Waals surface area contributed by atoms with E-state index in [1.165, 1.54) is 6.42 Å². The molecule has 0 spiro atoms. The second-order valence-electron chi connectivity index (χ2n) is 6.19. The van der Waals surface area contributed by atoms with Crippen LogP contribution in [0.3, 0.4) is 0 Å². The Hall–Kier alpha value is -1.32. The molecule has 2 fully saturated rings. The van der Waals surface area contributed by atoms with Gasteiger partial charge in [-0.25, -0.2) is 4.79 Å². The molecule has 2 saturated carbocycles. The molecule has 0 aromatic rings. The monoisotopic (exact) mass is 251 g/mol. The van der Waals surface area contributed by atoms with Gasteiger partial charge in [-0.05, 0) is 36.7 Å². The lowest BCUT2D eigenvalue weighted by Crippen LogP contribution is -2.38. The van der Waals surface area contributed by atoms with Crippen molar-refractivity contribution in [3.05, 3.63) is 12.2 Å². The van der Waals surface area contributed by atoms with Crippen molar-refractivity contribution in [1.82, 2.24) is 0 Å². The quantitative estimate of drug-likeness (QED) is 0.555. The summed E-state index contributed by atoms with van der Waals surface area (Å²) in [5, 5.41) is 10.2.